The maximum absolute atomic E-state index is 13.4. The van der Waals surface area contributed by atoms with Crippen LogP contribution in [0.15, 0.2) is 18.2 Å². The van der Waals surface area contributed by atoms with Gasteiger partial charge in [0.2, 0.25) is 5.91 Å². The molecule has 2 heterocycles. The molecule has 10 heteroatoms. The molecule has 1 aromatic rings. The lowest BCUT2D eigenvalue weighted by atomic mass is 9.76. The summed E-state index contributed by atoms with van der Waals surface area (Å²) in [5.74, 6) is -0.528. The largest absolute Gasteiger partial charge is 0.417 e. The van der Waals surface area contributed by atoms with Crippen LogP contribution < -0.4 is 16.0 Å². The van der Waals surface area contributed by atoms with Crippen molar-refractivity contribution in [3.05, 3.63) is 29.3 Å². The average molecular weight is 478 g/mol. The molecular weight excluding hydrogens is 447 g/mol. The number of halogens is 3. The fraction of sp³-hybridized carbons (Fsp3) is 0.625. The maximum atomic E-state index is 13.4. The minimum atomic E-state index is -4.61. The first-order chi connectivity index (χ1) is 16.1. The molecule has 184 valence electrons. The zero-order chi connectivity index (χ0) is 24.5. The number of hydrogen-bond donors (Lipinski definition) is 2. The summed E-state index contributed by atoms with van der Waals surface area (Å²) in [4.78, 5) is 28.6. The summed E-state index contributed by atoms with van der Waals surface area (Å²) in [6.07, 6.45) is 2.32. The minimum absolute atomic E-state index is 0.118. The Morgan fingerprint density at radius 3 is 2.41 bits per heavy atom. The first-order valence-electron chi connectivity index (χ1n) is 11.8. The molecule has 4 rings (SSSR count). The van der Waals surface area contributed by atoms with Crippen molar-refractivity contribution in [1.29, 1.82) is 5.26 Å². The number of nitrogens with two attached hydrogens (primary N) is 1. The van der Waals surface area contributed by atoms with E-state index < -0.39 is 29.3 Å². The Morgan fingerprint density at radius 2 is 1.82 bits per heavy atom. The number of piperidine rings is 1. The number of likely N-dealkylation sites (tertiary alicyclic amines) is 1. The van der Waals surface area contributed by atoms with Gasteiger partial charge in [-0.3, -0.25) is 4.79 Å². The van der Waals surface area contributed by atoms with Crippen molar-refractivity contribution in [2.24, 2.45) is 11.1 Å². The number of nitrogens with one attached hydrogen (secondary N) is 1. The van der Waals surface area contributed by atoms with E-state index in [0.29, 0.717) is 44.6 Å². The number of nitriles is 1. The van der Waals surface area contributed by atoms with Gasteiger partial charge in [-0.25, -0.2) is 4.79 Å². The van der Waals surface area contributed by atoms with E-state index >= 15 is 0 Å². The van der Waals surface area contributed by atoms with E-state index in [1.54, 1.807) is 11.0 Å². The van der Waals surface area contributed by atoms with Crippen LogP contribution in [0.2, 0.25) is 0 Å². The van der Waals surface area contributed by atoms with Crippen LogP contribution in [0, 0.1) is 16.7 Å². The fourth-order valence-electron chi connectivity index (χ4n) is 5.69. The number of anilines is 1. The fourth-order valence-corrected chi connectivity index (χ4v) is 5.69. The van der Waals surface area contributed by atoms with Crippen molar-refractivity contribution >= 4 is 17.6 Å². The van der Waals surface area contributed by atoms with Crippen LogP contribution in [0.5, 0.6) is 0 Å². The summed E-state index contributed by atoms with van der Waals surface area (Å²) >= 11 is 0. The Bertz CT molecular complexity index is 976. The van der Waals surface area contributed by atoms with E-state index in [9.17, 15) is 22.8 Å². The van der Waals surface area contributed by atoms with Gasteiger partial charge in [-0.15, -0.1) is 0 Å². The van der Waals surface area contributed by atoms with E-state index in [1.165, 1.54) is 18.6 Å². The molecule has 7 nitrogen and oxygen atoms in total. The molecule has 1 unspecified atom stereocenters. The third-order valence-corrected chi connectivity index (χ3v) is 7.65. The van der Waals surface area contributed by atoms with E-state index in [0.717, 1.165) is 31.7 Å². The van der Waals surface area contributed by atoms with Crippen LogP contribution in [-0.2, 0) is 11.0 Å². The molecule has 0 radical (unpaired) electrons. The van der Waals surface area contributed by atoms with E-state index in [2.05, 4.69) is 5.32 Å². The minimum Gasteiger partial charge on any atom is -0.371 e. The van der Waals surface area contributed by atoms with Gasteiger partial charge < -0.3 is 20.9 Å². The number of amides is 3. The van der Waals surface area contributed by atoms with E-state index in [4.69, 9.17) is 11.0 Å². The molecule has 1 atom stereocenters. The number of alkyl halides is 3. The molecule has 3 fully saturated rings. The first kappa shape index (κ1) is 24.2. The van der Waals surface area contributed by atoms with Crippen LogP contribution in [0.1, 0.15) is 62.5 Å². The summed E-state index contributed by atoms with van der Waals surface area (Å²) in [6.45, 7) is 1.40. The maximum Gasteiger partial charge on any atom is 0.417 e. The Morgan fingerprint density at radius 1 is 1.15 bits per heavy atom. The van der Waals surface area contributed by atoms with Crippen LogP contribution >= 0.6 is 0 Å². The van der Waals surface area contributed by atoms with Crippen molar-refractivity contribution in [2.45, 2.75) is 69.6 Å². The normalized spacial score (nSPS) is 23.1. The van der Waals surface area contributed by atoms with Crippen LogP contribution in [-0.4, -0.2) is 48.6 Å². The lowest BCUT2D eigenvalue weighted by molar-refractivity contribution is -0.137. The Labute approximate surface area is 197 Å². The summed E-state index contributed by atoms with van der Waals surface area (Å²) in [6, 6.07) is 4.57. The molecule has 3 N–H and O–H groups in total. The van der Waals surface area contributed by atoms with Crippen molar-refractivity contribution in [2.75, 3.05) is 24.5 Å². The molecular formula is C24H30F3N5O2. The van der Waals surface area contributed by atoms with Gasteiger partial charge in [0.1, 0.15) is 6.04 Å². The SMILES string of the molecule is N#Cc1ccc(N2CCC3(CC2)CC(C(N)=O)N(C(=O)NC2CCCCC2)C3)cc1C(F)(F)F. The zero-order valence-electron chi connectivity index (χ0n) is 19.0. The van der Waals surface area contributed by atoms with Gasteiger partial charge in [0.25, 0.3) is 0 Å². The van der Waals surface area contributed by atoms with Gasteiger partial charge in [-0.2, -0.15) is 18.4 Å². The molecule has 0 aromatic heterocycles. The smallest absolute Gasteiger partial charge is 0.371 e. The Balaban J connectivity index is 1.44. The number of hydrogen-bond acceptors (Lipinski definition) is 4. The molecule has 1 aromatic carbocycles. The van der Waals surface area contributed by atoms with Crippen LogP contribution in [0.25, 0.3) is 0 Å². The molecule has 0 bridgehead atoms. The average Bonchev–Trinajstić information content (AvgIpc) is 3.19. The van der Waals surface area contributed by atoms with Gasteiger partial charge in [0.15, 0.2) is 0 Å². The second kappa shape index (κ2) is 9.35. The van der Waals surface area contributed by atoms with E-state index in [1.807, 2.05) is 4.90 Å². The third kappa shape index (κ3) is 4.93. The quantitative estimate of drug-likeness (QED) is 0.692. The van der Waals surface area contributed by atoms with Crippen molar-refractivity contribution in [3.8, 4) is 6.07 Å². The molecule has 3 aliphatic rings. The Hall–Kier alpha value is -2.96. The number of carbonyl (C=O) groups is 2. The number of rotatable bonds is 3. The second-order valence-corrected chi connectivity index (χ2v) is 9.86. The Kier molecular flexibility index (Phi) is 6.65. The molecule has 2 aliphatic heterocycles. The molecule has 2 saturated heterocycles. The summed E-state index contributed by atoms with van der Waals surface area (Å²) in [7, 11) is 0. The molecule has 34 heavy (non-hydrogen) atoms. The van der Waals surface area contributed by atoms with Gasteiger partial charge in [0, 0.05) is 31.4 Å². The van der Waals surface area contributed by atoms with Crippen LogP contribution in [0.3, 0.4) is 0 Å². The topological polar surface area (TPSA) is 102 Å². The van der Waals surface area contributed by atoms with Crippen molar-refractivity contribution in [1.82, 2.24) is 10.2 Å². The van der Waals surface area contributed by atoms with Gasteiger partial charge >= 0.3 is 12.2 Å². The number of carbonyl (C=O) groups excluding carboxylic acids is 2. The highest BCUT2D eigenvalue weighted by molar-refractivity contribution is 5.87. The van der Waals surface area contributed by atoms with Gasteiger partial charge in [-0.1, -0.05) is 19.3 Å². The van der Waals surface area contributed by atoms with Gasteiger partial charge in [-0.05, 0) is 55.7 Å². The first-order valence-corrected chi connectivity index (χ1v) is 11.8. The number of nitrogens with zero attached hydrogens (tertiary/aromatic N) is 3. The lowest BCUT2D eigenvalue weighted by Gasteiger charge is -2.40. The molecule has 3 amide bonds. The predicted molar refractivity (Wildman–Crippen MR) is 120 cm³/mol. The summed E-state index contributed by atoms with van der Waals surface area (Å²) in [5, 5.41) is 12.1. The third-order valence-electron chi connectivity index (χ3n) is 7.65. The number of benzene rings is 1. The molecule has 1 saturated carbocycles. The molecule has 1 spiro atoms. The highest BCUT2D eigenvalue weighted by Crippen LogP contribution is 2.45. The van der Waals surface area contributed by atoms with Crippen molar-refractivity contribution in [3.63, 3.8) is 0 Å². The van der Waals surface area contributed by atoms with Crippen molar-refractivity contribution < 1.29 is 22.8 Å². The highest BCUT2D eigenvalue weighted by atomic mass is 19.4. The predicted octanol–water partition coefficient (Wildman–Crippen LogP) is 3.77. The second-order valence-electron chi connectivity index (χ2n) is 9.86. The zero-order valence-corrected chi connectivity index (χ0v) is 19.0. The van der Waals surface area contributed by atoms with Crippen LogP contribution in [0.4, 0.5) is 23.7 Å². The number of primary amides is 1. The number of urea groups is 1. The highest BCUT2D eigenvalue weighted by Gasteiger charge is 2.49. The van der Waals surface area contributed by atoms with Gasteiger partial charge in [0.05, 0.1) is 17.2 Å². The van der Waals surface area contributed by atoms with E-state index in [-0.39, 0.29) is 17.5 Å². The monoisotopic (exact) mass is 477 g/mol. The standard InChI is InChI=1S/C24H30F3N5O2/c25-24(26,27)19-12-18(7-6-16(19)14-28)31-10-8-23(9-11-31)13-20(21(29)33)32(15-23)22(34)30-17-4-2-1-3-5-17/h6-7,12,17,20H,1-5,8-11,13,15H2,(H2,29,33)(H,30,34). The molecule has 1 aliphatic carbocycles. The summed E-state index contributed by atoms with van der Waals surface area (Å²) < 4.78 is 40.1. The lowest BCUT2D eigenvalue weighted by Crippen LogP contribution is -2.51. The summed E-state index contributed by atoms with van der Waals surface area (Å²) in [5.41, 5.74) is 4.43.